The van der Waals surface area contributed by atoms with Crippen molar-refractivity contribution in [2.45, 2.75) is 52.1 Å². The summed E-state index contributed by atoms with van der Waals surface area (Å²) in [5, 5.41) is 3.00. The molecule has 0 aromatic heterocycles. The fraction of sp³-hybridized carbons (Fsp3) is 0.562. The van der Waals surface area contributed by atoms with E-state index in [1.807, 2.05) is 32.9 Å². The molecule has 1 fully saturated rings. The highest BCUT2D eigenvalue weighted by Crippen LogP contribution is 2.47. The zero-order valence-electron chi connectivity index (χ0n) is 11.8. The monoisotopic (exact) mass is 259 g/mol. The van der Waals surface area contributed by atoms with Gasteiger partial charge in [-0.15, -0.1) is 0 Å². The van der Waals surface area contributed by atoms with Crippen LogP contribution in [0, 0.1) is 5.41 Å². The minimum atomic E-state index is -0.370. The van der Waals surface area contributed by atoms with Crippen LogP contribution < -0.4 is 10.1 Å². The van der Waals surface area contributed by atoms with Crippen molar-refractivity contribution in [2.24, 2.45) is 5.41 Å². The lowest BCUT2D eigenvalue weighted by Crippen LogP contribution is -2.27. The predicted molar refractivity (Wildman–Crippen MR) is 75.5 cm³/mol. The molecule has 3 heteroatoms. The van der Waals surface area contributed by atoms with Gasteiger partial charge in [0, 0.05) is 22.6 Å². The third-order valence-corrected chi connectivity index (χ3v) is 4.08. The SMILES string of the molecule is CC(C)(C)C(=O)Nc1ccc2c(c1)C1CCCC1O2. The molecule has 102 valence electrons. The van der Waals surface area contributed by atoms with Crippen molar-refractivity contribution in [3.8, 4) is 5.75 Å². The molecule has 2 aliphatic rings. The van der Waals surface area contributed by atoms with Gasteiger partial charge in [-0.25, -0.2) is 0 Å². The molecule has 3 nitrogen and oxygen atoms in total. The van der Waals surface area contributed by atoms with E-state index in [0.29, 0.717) is 12.0 Å². The highest BCUT2D eigenvalue weighted by atomic mass is 16.5. The lowest BCUT2D eigenvalue weighted by molar-refractivity contribution is -0.123. The Balaban J connectivity index is 1.83. The number of hydrogen-bond acceptors (Lipinski definition) is 2. The smallest absolute Gasteiger partial charge is 0.229 e. The van der Waals surface area contributed by atoms with E-state index >= 15 is 0 Å². The minimum Gasteiger partial charge on any atom is -0.489 e. The lowest BCUT2D eigenvalue weighted by atomic mass is 9.94. The zero-order valence-corrected chi connectivity index (χ0v) is 11.8. The van der Waals surface area contributed by atoms with E-state index in [0.717, 1.165) is 17.9 Å². The summed E-state index contributed by atoms with van der Waals surface area (Å²) in [6, 6.07) is 6.02. The fourth-order valence-electron chi connectivity index (χ4n) is 2.93. The van der Waals surface area contributed by atoms with Crippen molar-refractivity contribution in [1.29, 1.82) is 0 Å². The number of ether oxygens (including phenoxy) is 1. The Bertz CT molecular complexity index is 516. The molecular formula is C16H21NO2. The first-order valence-corrected chi connectivity index (χ1v) is 7.07. The molecular weight excluding hydrogens is 238 g/mol. The maximum atomic E-state index is 12.0. The van der Waals surface area contributed by atoms with Crippen molar-refractivity contribution in [1.82, 2.24) is 0 Å². The quantitative estimate of drug-likeness (QED) is 0.835. The van der Waals surface area contributed by atoms with Gasteiger partial charge in [0.1, 0.15) is 11.9 Å². The standard InChI is InChI=1S/C16H21NO2/c1-16(2,3)15(18)17-10-7-8-14-12(9-10)11-5-4-6-13(11)19-14/h7-9,11,13H,4-6H2,1-3H3,(H,17,18). The Kier molecular flexibility index (Phi) is 2.80. The topological polar surface area (TPSA) is 38.3 Å². The van der Waals surface area contributed by atoms with E-state index in [2.05, 4.69) is 11.4 Å². The van der Waals surface area contributed by atoms with Crippen LogP contribution in [0.15, 0.2) is 18.2 Å². The third kappa shape index (κ3) is 2.22. The lowest BCUT2D eigenvalue weighted by Gasteiger charge is -2.18. The molecule has 1 aliphatic heterocycles. The number of amides is 1. The number of rotatable bonds is 1. The molecule has 2 atom stereocenters. The van der Waals surface area contributed by atoms with Crippen molar-refractivity contribution in [3.05, 3.63) is 23.8 Å². The number of nitrogens with one attached hydrogen (secondary N) is 1. The van der Waals surface area contributed by atoms with Crippen LogP contribution in [0.5, 0.6) is 5.75 Å². The summed E-state index contributed by atoms with van der Waals surface area (Å²) >= 11 is 0. The van der Waals surface area contributed by atoms with Gasteiger partial charge in [0.25, 0.3) is 0 Å². The van der Waals surface area contributed by atoms with E-state index in [4.69, 9.17) is 4.74 Å². The number of hydrogen-bond donors (Lipinski definition) is 1. The average Bonchev–Trinajstić information content (AvgIpc) is 2.88. The summed E-state index contributed by atoms with van der Waals surface area (Å²) in [5.41, 5.74) is 1.79. The molecule has 1 aromatic carbocycles. The Labute approximate surface area is 114 Å². The Morgan fingerprint density at radius 2 is 2.11 bits per heavy atom. The van der Waals surface area contributed by atoms with Gasteiger partial charge < -0.3 is 10.1 Å². The van der Waals surface area contributed by atoms with E-state index in [-0.39, 0.29) is 11.3 Å². The van der Waals surface area contributed by atoms with E-state index in [1.54, 1.807) is 0 Å². The molecule has 1 saturated carbocycles. The van der Waals surface area contributed by atoms with E-state index in [1.165, 1.54) is 18.4 Å². The van der Waals surface area contributed by atoms with Gasteiger partial charge >= 0.3 is 0 Å². The van der Waals surface area contributed by atoms with Crippen LogP contribution in [0.1, 0.15) is 51.5 Å². The second-order valence-corrected chi connectivity index (χ2v) is 6.65. The largest absolute Gasteiger partial charge is 0.489 e. The van der Waals surface area contributed by atoms with Crippen molar-refractivity contribution >= 4 is 11.6 Å². The molecule has 1 heterocycles. The fourth-order valence-corrected chi connectivity index (χ4v) is 2.93. The van der Waals surface area contributed by atoms with Gasteiger partial charge in [-0.3, -0.25) is 4.79 Å². The second-order valence-electron chi connectivity index (χ2n) is 6.65. The van der Waals surface area contributed by atoms with Gasteiger partial charge in [-0.1, -0.05) is 20.8 Å². The first kappa shape index (κ1) is 12.5. The van der Waals surface area contributed by atoms with E-state index in [9.17, 15) is 4.79 Å². The summed E-state index contributed by atoms with van der Waals surface area (Å²) in [4.78, 5) is 12.0. The van der Waals surface area contributed by atoms with Gasteiger partial charge in [0.15, 0.2) is 0 Å². The molecule has 0 bridgehead atoms. The molecule has 1 aliphatic carbocycles. The average molecular weight is 259 g/mol. The van der Waals surface area contributed by atoms with Crippen LogP contribution in [0.2, 0.25) is 0 Å². The van der Waals surface area contributed by atoms with Crippen LogP contribution in [-0.4, -0.2) is 12.0 Å². The summed E-state index contributed by atoms with van der Waals surface area (Å²) in [6.07, 6.45) is 3.97. The third-order valence-electron chi connectivity index (χ3n) is 4.08. The van der Waals surface area contributed by atoms with Crippen LogP contribution in [0.3, 0.4) is 0 Å². The highest BCUT2D eigenvalue weighted by Gasteiger charge is 2.38. The summed E-state index contributed by atoms with van der Waals surface area (Å²) in [6.45, 7) is 5.77. The number of fused-ring (bicyclic) bond motifs is 3. The van der Waals surface area contributed by atoms with Crippen LogP contribution in [0.4, 0.5) is 5.69 Å². The Morgan fingerprint density at radius 3 is 2.84 bits per heavy atom. The van der Waals surface area contributed by atoms with Gasteiger partial charge in [-0.05, 0) is 37.5 Å². The maximum absolute atomic E-state index is 12.0. The first-order chi connectivity index (χ1) is 8.95. The minimum absolute atomic E-state index is 0.0503. The summed E-state index contributed by atoms with van der Waals surface area (Å²) < 4.78 is 5.95. The second kappa shape index (κ2) is 4.26. The van der Waals surface area contributed by atoms with Crippen molar-refractivity contribution < 1.29 is 9.53 Å². The molecule has 1 aromatic rings. The molecule has 0 radical (unpaired) electrons. The zero-order chi connectivity index (χ0) is 13.6. The highest BCUT2D eigenvalue weighted by molar-refractivity contribution is 5.94. The number of carbonyl (C=O) groups excluding carboxylic acids is 1. The number of carbonyl (C=O) groups is 1. The molecule has 3 rings (SSSR count). The molecule has 0 spiro atoms. The maximum Gasteiger partial charge on any atom is 0.229 e. The van der Waals surface area contributed by atoms with E-state index < -0.39 is 0 Å². The van der Waals surface area contributed by atoms with Gasteiger partial charge in [0.2, 0.25) is 5.91 Å². The van der Waals surface area contributed by atoms with Crippen molar-refractivity contribution in [2.75, 3.05) is 5.32 Å². The van der Waals surface area contributed by atoms with Crippen LogP contribution in [-0.2, 0) is 4.79 Å². The molecule has 2 unspecified atom stereocenters. The Hall–Kier alpha value is -1.51. The Morgan fingerprint density at radius 1 is 1.32 bits per heavy atom. The van der Waals surface area contributed by atoms with Gasteiger partial charge in [0.05, 0.1) is 0 Å². The normalized spacial score (nSPS) is 24.6. The predicted octanol–water partition coefficient (Wildman–Crippen LogP) is 3.70. The number of anilines is 1. The van der Waals surface area contributed by atoms with Crippen molar-refractivity contribution in [3.63, 3.8) is 0 Å². The first-order valence-electron chi connectivity index (χ1n) is 7.07. The van der Waals surface area contributed by atoms with Crippen LogP contribution in [0.25, 0.3) is 0 Å². The molecule has 19 heavy (non-hydrogen) atoms. The number of benzene rings is 1. The molecule has 1 N–H and O–H groups in total. The summed E-state index contributed by atoms with van der Waals surface area (Å²) in [7, 11) is 0. The molecule has 0 saturated heterocycles. The van der Waals surface area contributed by atoms with Gasteiger partial charge in [-0.2, -0.15) is 0 Å². The van der Waals surface area contributed by atoms with Crippen LogP contribution >= 0.6 is 0 Å². The molecule has 1 amide bonds. The summed E-state index contributed by atoms with van der Waals surface area (Å²) in [5.74, 6) is 1.58.